The van der Waals surface area contributed by atoms with Gasteiger partial charge in [-0.2, -0.15) is 0 Å². The standard InChI is InChI=1S/2C23H33N3O3/c2*1-3-7-15-10-11-19-20-17(13-26(19)23(15)29)18(14-27)21(25(20)12-4-2)22(28)24-16-8-5-6-9-16/h2*3,7,10-11,16-18,20-21,27H,4-6,8-9,12-14H2,1-2H3,(H,24,28)/b7-3+;7-3-/t2*17-,18-,20+,21-/m11/s1. The number of nitrogens with zero attached hydrogens (tertiary/aromatic N) is 4. The van der Waals surface area contributed by atoms with Crippen molar-refractivity contribution in [3.63, 3.8) is 0 Å². The third kappa shape index (κ3) is 7.82. The number of hydrogen-bond acceptors (Lipinski definition) is 8. The summed E-state index contributed by atoms with van der Waals surface area (Å²) in [5, 5.41) is 27.0. The highest BCUT2D eigenvalue weighted by molar-refractivity contribution is 5.83. The van der Waals surface area contributed by atoms with E-state index in [2.05, 4.69) is 34.3 Å². The summed E-state index contributed by atoms with van der Waals surface area (Å²) in [6, 6.07) is 7.77. The van der Waals surface area contributed by atoms with Crippen LogP contribution < -0.4 is 21.8 Å². The number of hydrogen-bond donors (Lipinski definition) is 4. The Kier molecular flexibility index (Phi) is 13.6. The summed E-state index contributed by atoms with van der Waals surface area (Å²) in [6.45, 7) is 10.7. The molecular weight excluding hydrogens is 733 g/mol. The van der Waals surface area contributed by atoms with Crippen LogP contribution in [0.4, 0.5) is 0 Å². The Hall–Kier alpha value is -3.84. The molecule has 0 radical (unpaired) electrons. The molecule has 4 fully saturated rings. The third-order valence-electron chi connectivity index (χ3n) is 14.0. The van der Waals surface area contributed by atoms with Crippen LogP contribution in [-0.4, -0.2) is 91.4 Å². The molecule has 12 nitrogen and oxygen atoms in total. The minimum Gasteiger partial charge on any atom is -0.396 e. The number of carbonyl (C=O) groups excluding carboxylic acids is 2. The highest BCUT2D eigenvalue weighted by Crippen LogP contribution is 2.50. The van der Waals surface area contributed by atoms with Crippen LogP contribution in [0.2, 0.25) is 0 Å². The molecular formula is C46H66N6O6. The summed E-state index contributed by atoms with van der Waals surface area (Å²) >= 11 is 0. The summed E-state index contributed by atoms with van der Waals surface area (Å²) in [5.41, 5.74) is 3.39. The van der Waals surface area contributed by atoms with Gasteiger partial charge in [0.25, 0.3) is 11.1 Å². The summed E-state index contributed by atoms with van der Waals surface area (Å²) in [4.78, 5) is 56.9. The Morgan fingerprint density at radius 1 is 0.655 bits per heavy atom. The lowest BCUT2D eigenvalue weighted by Gasteiger charge is -2.31. The summed E-state index contributed by atoms with van der Waals surface area (Å²) in [5.74, 6) is -0.0369. The third-order valence-corrected chi connectivity index (χ3v) is 14.0. The normalized spacial score (nSPS) is 29.5. The molecule has 6 aliphatic rings. The van der Waals surface area contributed by atoms with E-state index in [1.54, 1.807) is 0 Å². The number of amides is 2. The van der Waals surface area contributed by atoms with E-state index in [1.165, 1.54) is 25.7 Å². The van der Waals surface area contributed by atoms with Gasteiger partial charge in [-0.15, -0.1) is 0 Å². The molecule has 0 spiro atoms. The van der Waals surface area contributed by atoms with Crippen LogP contribution >= 0.6 is 0 Å². The minimum absolute atomic E-state index is 0.0128. The predicted molar refractivity (Wildman–Crippen MR) is 227 cm³/mol. The Bertz CT molecular complexity index is 1820. The summed E-state index contributed by atoms with van der Waals surface area (Å²) in [6.07, 6.45) is 18.2. The van der Waals surface area contributed by atoms with Crippen molar-refractivity contribution in [2.24, 2.45) is 23.7 Å². The zero-order chi connectivity index (χ0) is 41.1. The van der Waals surface area contributed by atoms with E-state index >= 15 is 0 Å². The number of allylic oxidation sites excluding steroid dienone is 2. The van der Waals surface area contributed by atoms with Gasteiger partial charge in [0.1, 0.15) is 0 Å². The van der Waals surface area contributed by atoms with Crippen LogP contribution in [0.5, 0.6) is 0 Å². The first-order valence-corrected chi connectivity index (χ1v) is 22.3. The summed E-state index contributed by atoms with van der Waals surface area (Å²) < 4.78 is 3.72. The molecule has 58 heavy (non-hydrogen) atoms. The molecule has 8 atom stereocenters. The van der Waals surface area contributed by atoms with Crippen molar-refractivity contribution in [3.8, 4) is 0 Å². The fourth-order valence-electron chi connectivity index (χ4n) is 11.6. The van der Waals surface area contributed by atoms with Gasteiger partial charge in [-0.25, -0.2) is 0 Å². The highest BCUT2D eigenvalue weighted by atomic mass is 16.3. The number of carbonyl (C=O) groups is 2. The lowest BCUT2D eigenvalue weighted by atomic mass is 9.88. The molecule has 2 aliphatic carbocycles. The number of rotatable bonds is 12. The number of pyridine rings is 2. The van der Waals surface area contributed by atoms with Crippen molar-refractivity contribution in [2.45, 2.75) is 141 Å². The van der Waals surface area contributed by atoms with Crippen LogP contribution in [0, 0.1) is 23.7 Å². The first-order valence-electron chi connectivity index (χ1n) is 22.3. The summed E-state index contributed by atoms with van der Waals surface area (Å²) in [7, 11) is 0. The fourth-order valence-corrected chi connectivity index (χ4v) is 11.6. The van der Waals surface area contributed by atoms with Gasteiger partial charge in [0.15, 0.2) is 0 Å². The van der Waals surface area contributed by atoms with Crippen molar-refractivity contribution in [3.05, 3.63) is 79.6 Å². The second kappa shape index (κ2) is 18.6. The molecule has 2 amide bonds. The van der Waals surface area contributed by atoms with E-state index in [0.717, 1.165) is 63.0 Å². The van der Waals surface area contributed by atoms with Crippen LogP contribution in [0.3, 0.4) is 0 Å². The number of aromatic nitrogens is 2. The van der Waals surface area contributed by atoms with Crippen LogP contribution in [0.1, 0.15) is 127 Å². The molecule has 8 rings (SSSR count). The lowest BCUT2D eigenvalue weighted by molar-refractivity contribution is -0.129. The molecule has 0 unspecified atom stereocenters. The van der Waals surface area contributed by atoms with Gasteiger partial charge in [0.2, 0.25) is 11.8 Å². The van der Waals surface area contributed by atoms with E-state index in [9.17, 15) is 29.4 Å². The topological polar surface area (TPSA) is 149 Å². The first-order chi connectivity index (χ1) is 28.2. The van der Waals surface area contributed by atoms with Gasteiger partial charge >= 0.3 is 0 Å². The van der Waals surface area contributed by atoms with Gasteiger partial charge in [0, 0.05) is 84.6 Å². The number of fused-ring (bicyclic) bond motifs is 6. The van der Waals surface area contributed by atoms with Crippen molar-refractivity contribution in [1.82, 2.24) is 29.6 Å². The van der Waals surface area contributed by atoms with Crippen molar-refractivity contribution in [1.29, 1.82) is 0 Å². The molecule has 2 saturated heterocycles. The molecule has 0 bridgehead atoms. The number of likely N-dealkylation sites (tertiary alicyclic amines) is 2. The Balaban J connectivity index is 0.000000177. The average molecular weight is 799 g/mol. The second-order valence-corrected chi connectivity index (χ2v) is 17.5. The Morgan fingerprint density at radius 3 is 1.36 bits per heavy atom. The molecule has 0 aromatic carbocycles. The van der Waals surface area contributed by atoms with Crippen molar-refractivity contribution >= 4 is 24.0 Å². The largest absolute Gasteiger partial charge is 0.396 e. The molecule has 316 valence electrons. The first kappa shape index (κ1) is 42.3. The fraction of sp³-hybridized carbons (Fsp3) is 0.652. The van der Waals surface area contributed by atoms with Crippen molar-refractivity contribution in [2.75, 3.05) is 26.3 Å². The maximum absolute atomic E-state index is 13.3. The zero-order valence-electron chi connectivity index (χ0n) is 35.0. The Morgan fingerprint density at radius 2 is 1.03 bits per heavy atom. The van der Waals surface area contributed by atoms with Crippen LogP contribution in [-0.2, 0) is 22.7 Å². The molecule has 2 aromatic heterocycles. The van der Waals surface area contributed by atoms with Gasteiger partial charge in [-0.1, -0.05) is 63.8 Å². The molecule has 2 aromatic rings. The number of nitrogens with one attached hydrogen (secondary N) is 2. The number of aliphatic hydroxyl groups is 2. The maximum Gasteiger partial charge on any atom is 0.258 e. The zero-order valence-corrected chi connectivity index (χ0v) is 35.0. The van der Waals surface area contributed by atoms with E-state index in [4.69, 9.17) is 0 Å². The monoisotopic (exact) mass is 799 g/mol. The van der Waals surface area contributed by atoms with E-state index < -0.39 is 0 Å². The molecule has 12 heteroatoms. The van der Waals surface area contributed by atoms with Crippen LogP contribution in [0.15, 0.2) is 46.0 Å². The predicted octanol–water partition coefficient (Wildman–Crippen LogP) is 4.63. The van der Waals surface area contributed by atoms with E-state index in [-0.39, 0.29) is 96.1 Å². The Labute approximate surface area is 343 Å². The SMILES string of the molecule is C/C=C/c1ccc2n(c1=O)C[C@@H]1[C@@H](CO)[C@H](C(=O)NC3CCCC3)N(CCC)[C@H]21.C/C=C\c1ccc2n(c1=O)C[C@@H]1[C@@H](CO)[C@H](C(=O)NC3CCCC3)N(CCC)[C@H]21. The molecule has 2 saturated carbocycles. The van der Waals surface area contributed by atoms with E-state index in [1.807, 2.05) is 71.6 Å². The smallest absolute Gasteiger partial charge is 0.258 e. The quantitative estimate of drug-likeness (QED) is 0.243. The van der Waals surface area contributed by atoms with E-state index in [0.29, 0.717) is 24.2 Å². The number of aliphatic hydroxyl groups excluding tert-OH is 2. The minimum atomic E-state index is -0.324. The van der Waals surface area contributed by atoms with Gasteiger partial charge in [-0.05, 0) is 89.7 Å². The van der Waals surface area contributed by atoms with Gasteiger partial charge in [-0.3, -0.25) is 29.0 Å². The van der Waals surface area contributed by atoms with Gasteiger partial charge in [0.05, 0.1) is 24.2 Å². The molecule has 4 aliphatic heterocycles. The highest BCUT2D eigenvalue weighted by Gasteiger charge is 2.56. The maximum atomic E-state index is 13.3. The molecule has 6 heterocycles. The van der Waals surface area contributed by atoms with Gasteiger partial charge < -0.3 is 30.0 Å². The molecule has 4 N–H and O–H groups in total. The lowest BCUT2D eigenvalue weighted by Crippen LogP contribution is -2.50. The average Bonchev–Trinajstić information content (AvgIpc) is 4.07. The second-order valence-electron chi connectivity index (χ2n) is 17.5. The van der Waals surface area contributed by atoms with Crippen LogP contribution in [0.25, 0.3) is 12.2 Å². The van der Waals surface area contributed by atoms with Crippen molar-refractivity contribution < 1.29 is 19.8 Å².